The van der Waals surface area contributed by atoms with Gasteiger partial charge in [-0.25, -0.2) is 19.6 Å². The molecule has 16 nitrogen and oxygen atoms in total. The SMILES string of the molecule is CCCN(C(=O)C(NC(=O)OC)C(C)C)C(C)c1ncc(-c2ccc3c(c2)COc2cc4c(ccc5[nH]c(C6CC(COC)CN6C(=O)C(NC(=O)OC)C(C)C)nc54)cc2-3)[nH]1. The van der Waals surface area contributed by atoms with Crippen LogP contribution in [0.1, 0.15) is 83.7 Å². The van der Waals surface area contributed by atoms with E-state index in [0.717, 1.165) is 61.9 Å². The van der Waals surface area contributed by atoms with Crippen LogP contribution in [-0.4, -0.2) is 107 Å². The summed E-state index contributed by atoms with van der Waals surface area (Å²) in [6, 6.07) is 12.3. The third-order valence-corrected chi connectivity index (χ3v) is 12.1. The van der Waals surface area contributed by atoms with Crippen LogP contribution in [0, 0.1) is 17.8 Å². The van der Waals surface area contributed by atoms with Gasteiger partial charge in [0.25, 0.3) is 0 Å². The summed E-state index contributed by atoms with van der Waals surface area (Å²) in [5.74, 6) is 1.46. The second-order valence-electron chi connectivity index (χ2n) is 17.0. The standard InChI is InChI=1S/C46H58N8O8/c1-10-15-53(43(55)38(24(2)3)51-45(57)60-8)26(6)41-47-20-35(49-41)29-11-13-31-30(17-29)23-62-37-19-32-28(18-33(31)37)12-14-34-40(32)50-42(48-34)36-16-27(22-59-7)21-54(36)44(56)39(25(4)5)52-46(58)61-9/h11-14,17-20,24-27,36,38-39H,10,15-16,21-23H2,1-9H3,(H,47,49)(H,48,50)(H,51,57)(H,52,58). The van der Waals surface area contributed by atoms with E-state index in [1.807, 2.05) is 58.6 Å². The van der Waals surface area contributed by atoms with Gasteiger partial charge in [0.1, 0.15) is 36.1 Å². The molecule has 3 aromatic carbocycles. The fourth-order valence-corrected chi connectivity index (χ4v) is 8.75. The van der Waals surface area contributed by atoms with Crippen molar-refractivity contribution in [1.82, 2.24) is 40.4 Å². The average Bonchev–Trinajstić information content (AvgIpc) is 4.04. The Morgan fingerprint density at radius 1 is 0.919 bits per heavy atom. The Hall–Kier alpha value is -6.16. The molecule has 5 aromatic rings. The molecular weight excluding hydrogens is 793 g/mol. The highest BCUT2D eigenvalue weighted by Gasteiger charge is 2.42. The summed E-state index contributed by atoms with van der Waals surface area (Å²) in [7, 11) is 4.22. The second kappa shape index (κ2) is 18.4. The molecule has 4 amide bonds. The van der Waals surface area contributed by atoms with Gasteiger partial charge in [-0.05, 0) is 77.9 Å². The number of carbonyl (C=O) groups is 4. The first-order chi connectivity index (χ1) is 29.8. The maximum absolute atomic E-state index is 14.1. The number of likely N-dealkylation sites (tertiary alicyclic amines) is 1. The molecular formula is C46H58N8O8. The summed E-state index contributed by atoms with van der Waals surface area (Å²) in [5.41, 5.74) is 6.43. The van der Waals surface area contributed by atoms with E-state index in [0.29, 0.717) is 44.4 Å². The van der Waals surface area contributed by atoms with Crippen molar-refractivity contribution in [2.45, 2.75) is 85.2 Å². The smallest absolute Gasteiger partial charge is 0.407 e. The molecule has 1 saturated heterocycles. The fraction of sp³-hybridized carbons (Fsp3) is 0.478. The van der Waals surface area contributed by atoms with Crippen molar-refractivity contribution in [1.29, 1.82) is 0 Å². The molecule has 0 aliphatic carbocycles. The molecule has 1 fully saturated rings. The highest BCUT2D eigenvalue weighted by atomic mass is 16.5. The van der Waals surface area contributed by atoms with E-state index in [-0.39, 0.29) is 41.7 Å². The molecule has 5 atom stereocenters. The van der Waals surface area contributed by atoms with E-state index in [2.05, 4.69) is 50.9 Å². The lowest BCUT2D eigenvalue weighted by Crippen LogP contribution is -2.52. The topological polar surface area (TPSA) is 193 Å². The maximum Gasteiger partial charge on any atom is 0.407 e. The number of ether oxygens (including phenoxy) is 4. The van der Waals surface area contributed by atoms with Crippen molar-refractivity contribution in [2.24, 2.45) is 17.8 Å². The summed E-state index contributed by atoms with van der Waals surface area (Å²) in [6.07, 6.45) is 1.87. The van der Waals surface area contributed by atoms with Crippen LogP contribution in [0.25, 0.3) is 44.2 Å². The predicted molar refractivity (Wildman–Crippen MR) is 234 cm³/mol. The minimum Gasteiger partial charge on any atom is -0.488 e. The van der Waals surface area contributed by atoms with Gasteiger partial charge in [0.05, 0.1) is 55.8 Å². The normalized spacial score (nSPS) is 17.3. The maximum atomic E-state index is 14.1. The van der Waals surface area contributed by atoms with E-state index in [9.17, 15) is 19.2 Å². The highest BCUT2D eigenvalue weighted by Crippen LogP contribution is 2.43. The Kier molecular flexibility index (Phi) is 13.1. The molecule has 2 aliphatic heterocycles. The monoisotopic (exact) mass is 850 g/mol. The molecule has 62 heavy (non-hydrogen) atoms. The number of benzene rings is 3. The average molecular weight is 851 g/mol. The molecule has 16 heteroatoms. The molecule has 0 radical (unpaired) electrons. The fourth-order valence-electron chi connectivity index (χ4n) is 8.75. The minimum atomic E-state index is -0.764. The third-order valence-electron chi connectivity index (χ3n) is 12.1. The van der Waals surface area contributed by atoms with Crippen LogP contribution >= 0.6 is 0 Å². The summed E-state index contributed by atoms with van der Waals surface area (Å²) in [6.45, 7) is 13.3. The van der Waals surface area contributed by atoms with Crippen LogP contribution < -0.4 is 15.4 Å². The number of hydrogen-bond donors (Lipinski definition) is 4. The van der Waals surface area contributed by atoms with Gasteiger partial charge in [0, 0.05) is 37.1 Å². The number of carbonyl (C=O) groups excluding carboxylic acids is 4. The third kappa shape index (κ3) is 8.65. The lowest BCUT2D eigenvalue weighted by Gasteiger charge is -2.33. The van der Waals surface area contributed by atoms with Gasteiger partial charge in [-0.15, -0.1) is 0 Å². The molecule has 330 valence electrons. The Bertz CT molecular complexity index is 2460. The lowest BCUT2D eigenvalue weighted by molar-refractivity contribution is -0.137. The highest BCUT2D eigenvalue weighted by molar-refractivity contribution is 6.07. The van der Waals surface area contributed by atoms with E-state index >= 15 is 0 Å². The van der Waals surface area contributed by atoms with E-state index in [1.54, 1.807) is 18.2 Å². The zero-order chi connectivity index (χ0) is 44.4. The number of nitrogens with one attached hydrogen (secondary N) is 4. The zero-order valence-electron chi connectivity index (χ0n) is 37.0. The molecule has 7 rings (SSSR count). The first kappa shape index (κ1) is 43.9. The Morgan fingerprint density at radius 2 is 1.65 bits per heavy atom. The number of rotatable bonds is 14. The number of aromatic amines is 2. The van der Waals surface area contributed by atoms with Gasteiger partial charge in [-0.2, -0.15) is 0 Å². The van der Waals surface area contributed by atoms with Crippen molar-refractivity contribution in [3.8, 4) is 28.1 Å². The number of hydrogen-bond acceptors (Lipinski definition) is 10. The van der Waals surface area contributed by atoms with Crippen LogP contribution in [-0.2, 0) is 30.4 Å². The number of methoxy groups -OCH3 is 3. The number of nitrogens with zero attached hydrogens (tertiary/aromatic N) is 4. The van der Waals surface area contributed by atoms with Gasteiger partial charge >= 0.3 is 12.2 Å². The number of aromatic nitrogens is 4. The van der Waals surface area contributed by atoms with Crippen LogP contribution in [0.5, 0.6) is 5.75 Å². The van der Waals surface area contributed by atoms with Crippen LogP contribution in [0.4, 0.5) is 9.59 Å². The Balaban J connectivity index is 1.15. The van der Waals surface area contributed by atoms with Crippen LogP contribution in [0.15, 0.2) is 48.7 Å². The van der Waals surface area contributed by atoms with Crippen molar-refractivity contribution >= 4 is 45.8 Å². The van der Waals surface area contributed by atoms with Crippen LogP contribution in [0.2, 0.25) is 0 Å². The van der Waals surface area contributed by atoms with Gasteiger partial charge < -0.3 is 49.3 Å². The number of alkyl carbamates (subject to hydrolysis) is 2. The molecule has 5 unspecified atom stereocenters. The minimum absolute atomic E-state index is 0.0948. The Labute approximate surface area is 361 Å². The molecule has 0 bridgehead atoms. The first-order valence-electron chi connectivity index (χ1n) is 21.3. The molecule has 0 spiro atoms. The predicted octanol–water partition coefficient (Wildman–Crippen LogP) is 7.26. The van der Waals surface area contributed by atoms with E-state index in [4.69, 9.17) is 28.9 Å². The van der Waals surface area contributed by atoms with Gasteiger partial charge in [0.15, 0.2) is 0 Å². The number of imidazole rings is 2. The number of fused-ring (bicyclic) bond motifs is 6. The van der Waals surface area contributed by atoms with Gasteiger partial charge in [-0.1, -0.05) is 52.8 Å². The van der Waals surface area contributed by atoms with E-state index < -0.39 is 24.3 Å². The van der Waals surface area contributed by atoms with Crippen molar-refractivity contribution in [3.63, 3.8) is 0 Å². The summed E-state index contributed by atoms with van der Waals surface area (Å²) in [4.78, 5) is 72.5. The molecule has 2 aromatic heterocycles. The zero-order valence-corrected chi connectivity index (χ0v) is 37.0. The first-order valence-corrected chi connectivity index (χ1v) is 21.3. The van der Waals surface area contributed by atoms with Crippen molar-refractivity contribution in [3.05, 3.63) is 65.9 Å². The quantitative estimate of drug-likeness (QED) is 0.0884. The molecule has 2 aliphatic rings. The van der Waals surface area contributed by atoms with E-state index in [1.165, 1.54) is 14.2 Å². The summed E-state index contributed by atoms with van der Waals surface area (Å²) in [5, 5.41) is 7.35. The lowest BCUT2D eigenvalue weighted by atomic mass is 9.92. The van der Waals surface area contributed by atoms with Crippen molar-refractivity contribution < 1.29 is 38.1 Å². The summed E-state index contributed by atoms with van der Waals surface area (Å²) < 4.78 is 21.6. The Morgan fingerprint density at radius 3 is 2.32 bits per heavy atom. The number of H-pyrrole nitrogens is 2. The van der Waals surface area contributed by atoms with Crippen molar-refractivity contribution in [2.75, 3.05) is 41.0 Å². The second-order valence-corrected chi connectivity index (χ2v) is 17.0. The molecule has 4 heterocycles. The molecule has 0 saturated carbocycles. The summed E-state index contributed by atoms with van der Waals surface area (Å²) >= 11 is 0. The van der Waals surface area contributed by atoms with Gasteiger partial charge in [0.2, 0.25) is 11.8 Å². The van der Waals surface area contributed by atoms with Gasteiger partial charge in [-0.3, -0.25) is 9.59 Å². The molecule has 4 N–H and O–H groups in total. The largest absolute Gasteiger partial charge is 0.488 e. The number of amides is 4. The van der Waals surface area contributed by atoms with Crippen LogP contribution in [0.3, 0.4) is 0 Å².